The Morgan fingerprint density at radius 3 is 2.60 bits per heavy atom. The fourth-order valence-electron chi connectivity index (χ4n) is 1.98. The molecule has 0 radical (unpaired) electrons. The molecule has 4 heteroatoms. The number of rotatable bonds is 1. The lowest BCUT2D eigenvalue weighted by Gasteiger charge is -2.27. The standard InChI is InChI=1S/C11H19N3O/c1-11(2,3)10-12-8-13-14(10)9-4-6-15-7-5-9/h8-9H,4-7H2,1-3H3. The van der Waals surface area contributed by atoms with Gasteiger partial charge in [0.15, 0.2) is 0 Å². The fraction of sp³-hybridized carbons (Fsp3) is 0.818. The number of hydrogen-bond acceptors (Lipinski definition) is 3. The molecule has 0 unspecified atom stereocenters. The second kappa shape index (κ2) is 3.93. The van der Waals surface area contributed by atoms with Gasteiger partial charge in [0.2, 0.25) is 0 Å². The van der Waals surface area contributed by atoms with Gasteiger partial charge >= 0.3 is 0 Å². The number of aromatic nitrogens is 3. The summed E-state index contributed by atoms with van der Waals surface area (Å²) in [4.78, 5) is 4.37. The van der Waals surface area contributed by atoms with Gasteiger partial charge in [0.1, 0.15) is 12.2 Å². The molecule has 15 heavy (non-hydrogen) atoms. The summed E-state index contributed by atoms with van der Waals surface area (Å²) in [6.45, 7) is 8.20. The molecular weight excluding hydrogens is 190 g/mol. The van der Waals surface area contributed by atoms with E-state index in [-0.39, 0.29) is 5.41 Å². The number of ether oxygens (including phenoxy) is 1. The summed E-state index contributed by atoms with van der Waals surface area (Å²) in [5.74, 6) is 1.08. The van der Waals surface area contributed by atoms with Crippen molar-refractivity contribution in [2.75, 3.05) is 13.2 Å². The van der Waals surface area contributed by atoms with Crippen molar-refractivity contribution in [1.82, 2.24) is 14.8 Å². The Labute approximate surface area is 90.7 Å². The summed E-state index contributed by atoms with van der Waals surface area (Å²) in [6, 6.07) is 0.468. The zero-order valence-electron chi connectivity index (χ0n) is 9.73. The van der Waals surface area contributed by atoms with E-state index in [2.05, 4.69) is 35.5 Å². The van der Waals surface area contributed by atoms with Gasteiger partial charge in [-0.1, -0.05) is 20.8 Å². The molecule has 0 aliphatic carbocycles. The second-order valence-corrected chi connectivity index (χ2v) is 5.12. The average Bonchev–Trinajstić information content (AvgIpc) is 2.67. The van der Waals surface area contributed by atoms with E-state index in [0.717, 1.165) is 31.9 Å². The lowest BCUT2D eigenvalue weighted by Crippen LogP contribution is -2.27. The summed E-state index contributed by atoms with van der Waals surface area (Å²) in [6.07, 6.45) is 3.76. The van der Waals surface area contributed by atoms with Gasteiger partial charge in [-0.25, -0.2) is 9.67 Å². The quantitative estimate of drug-likeness (QED) is 0.709. The first-order valence-corrected chi connectivity index (χ1v) is 5.57. The van der Waals surface area contributed by atoms with E-state index in [1.165, 1.54) is 0 Å². The van der Waals surface area contributed by atoms with Gasteiger partial charge in [0.05, 0.1) is 6.04 Å². The molecule has 84 valence electrons. The number of hydrogen-bond donors (Lipinski definition) is 0. The molecule has 1 aromatic heterocycles. The van der Waals surface area contributed by atoms with Crippen molar-refractivity contribution in [2.45, 2.75) is 45.1 Å². The van der Waals surface area contributed by atoms with Crippen molar-refractivity contribution in [3.63, 3.8) is 0 Å². The average molecular weight is 209 g/mol. The number of nitrogens with zero attached hydrogens (tertiary/aromatic N) is 3. The van der Waals surface area contributed by atoms with Gasteiger partial charge in [0.25, 0.3) is 0 Å². The Bertz CT molecular complexity index is 321. The monoisotopic (exact) mass is 209 g/mol. The van der Waals surface area contributed by atoms with Crippen LogP contribution in [0.1, 0.15) is 45.5 Å². The second-order valence-electron chi connectivity index (χ2n) is 5.12. The van der Waals surface area contributed by atoms with E-state index in [4.69, 9.17) is 4.74 Å². The first kappa shape index (κ1) is 10.6. The van der Waals surface area contributed by atoms with E-state index in [1.807, 2.05) is 0 Å². The molecule has 0 spiro atoms. The molecule has 1 aliphatic heterocycles. The molecule has 2 heterocycles. The van der Waals surface area contributed by atoms with E-state index in [1.54, 1.807) is 6.33 Å². The molecule has 1 aromatic rings. The van der Waals surface area contributed by atoms with E-state index in [0.29, 0.717) is 6.04 Å². The molecule has 1 saturated heterocycles. The smallest absolute Gasteiger partial charge is 0.138 e. The summed E-state index contributed by atoms with van der Waals surface area (Å²) in [5.41, 5.74) is 0.0643. The van der Waals surface area contributed by atoms with Crippen molar-refractivity contribution in [3.8, 4) is 0 Å². The van der Waals surface area contributed by atoms with Crippen LogP contribution >= 0.6 is 0 Å². The van der Waals surface area contributed by atoms with Gasteiger partial charge in [-0.15, -0.1) is 0 Å². The maximum Gasteiger partial charge on any atom is 0.138 e. The van der Waals surface area contributed by atoms with E-state index < -0.39 is 0 Å². The summed E-state index contributed by atoms with van der Waals surface area (Å²) < 4.78 is 7.45. The third kappa shape index (κ3) is 2.20. The minimum atomic E-state index is 0.0643. The Kier molecular flexibility index (Phi) is 2.78. The Balaban J connectivity index is 2.24. The van der Waals surface area contributed by atoms with Crippen LogP contribution in [0.3, 0.4) is 0 Å². The highest BCUT2D eigenvalue weighted by Gasteiger charge is 2.25. The molecule has 2 rings (SSSR count). The highest BCUT2D eigenvalue weighted by molar-refractivity contribution is 5.02. The zero-order chi connectivity index (χ0) is 10.9. The van der Waals surface area contributed by atoms with E-state index >= 15 is 0 Å². The molecule has 1 fully saturated rings. The van der Waals surface area contributed by atoms with Crippen molar-refractivity contribution < 1.29 is 4.74 Å². The lowest BCUT2D eigenvalue weighted by atomic mass is 9.95. The normalized spacial score (nSPS) is 19.4. The van der Waals surface area contributed by atoms with Crippen LogP contribution < -0.4 is 0 Å². The largest absolute Gasteiger partial charge is 0.381 e. The predicted molar refractivity (Wildman–Crippen MR) is 57.8 cm³/mol. The molecule has 0 amide bonds. The molecule has 1 aliphatic rings. The third-order valence-corrected chi connectivity index (χ3v) is 2.78. The minimum absolute atomic E-state index is 0.0643. The third-order valence-electron chi connectivity index (χ3n) is 2.78. The van der Waals surface area contributed by atoms with Crippen LogP contribution in [0.15, 0.2) is 6.33 Å². The van der Waals surface area contributed by atoms with Crippen LogP contribution in [-0.4, -0.2) is 28.0 Å². The molecule has 0 atom stereocenters. The van der Waals surface area contributed by atoms with Gasteiger partial charge < -0.3 is 4.74 Å². The van der Waals surface area contributed by atoms with Crippen LogP contribution in [0, 0.1) is 0 Å². The Morgan fingerprint density at radius 2 is 2.00 bits per heavy atom. The summed E-state index contributed by atoms with van der Waals surface area (Å²) in [5, 5.41) is 4.36. The summed E-state index contributed by atoms with van der Waals surface area (Å²) >= 11 is 0. The Morgan fingerprint density at radius 1 is 1.33 bits per heavy atom. The molecule has 0 aromatic carbocycles. The van der Waals surface area contributed by atoms with Crippen molar-refractivity contribution in [3.05, 3.63) is 12.2 Å². The van der Waals surface area contributed by atoms with Gasteiger partial charge in [-0.3, -0.25) is 0 Å². The summed E-state index contributed by atoms with van der Waals surface area (Å²) in [7, 11) is 0. The molecular formula is C11H19N3O. The van der Waals surface area contributed by atoms with Crippen LogP contribution in [0.4, 0.5) is 0 Å². The van der Waals surface area contributed by atoms with Crippen molar-refractivity contribution in [1.29, 1.82) is 0 Å². The maximum atomic E-state index is 5.36. The van der Waals surface area contributed by atoms with Crippen LogP contribution in [0.25, 0.3) is 0 Å². The van der Waals surface area contributed by atoms with Gasteiger partial charge in [-0.2, -0.15) is 5.10 Å². The molecule has 0 saturated carbocycles. The van der Waals surface area contributed by atoms with Crippen molar-refractivity contribution in [2.24, 2.45) is 0 Å². The van der Waals surface area contributed by atoms with Crippen LogP contribution in [-0.2, 0) is 10.2 Å². The molecule has 4 nitrogen and oxygen atoms in total. The first-order valence-electron chi connectivity index (χ1n) is 5.57. The van der Waals surface area contributed by atoms with E-state index in [9.17, 15) is 0 Å². The SMILES string of the molecule is CC(C)(C)c1ncnn1C1CCOCC1. The minimum Gasteiger partial charge on any atom is -0.381 e. The van der Waals surface area contributed by atoms with Gasteiger partial charge in [-0.05, 0) is 12.8 Å². The van der Waals surface area contributed by atoms with Crippen molar-refractivity contribution >= 4 is 0 Å². The highest BCUT2D eigenvalue weighted by atomic mass is 16.5. The maximum absolute atomic E-state index is 5.36. The first-order chi connectivity index (χ1) is 7.09. The van der Waals surface area contributed by atoms with Crippen LogP contribution in [0.5, 0.6) is 0 Å². The molecule has 0 bridgehead atoms. The lowest BCUT2D eigenvalue weighted by molar-refractivity contribution is 0.0644. The highest BCUT2D eigenvalue weighted by Crippen LogP contribution is 2.26. The molecule has 0 N–H and O–H groups in total. The zero-order valence-corrected chi connectivity index (χ0v) is 9.73. The Hall–Kier alpha value is -0.900. The fourth-order valence-corrected chi connectivity index (χ4v) is 1.98. The topological polar surface area (TPSA) is 39.9 Å². The van der Waals surface area contributed by atoms with Gasteiger partial charge in [0, 0.05) is 18.6 Å². The van der Waals surface area contributed by atoms with Crippen LogP contribution in [0.2, 0.25) is 0 Å². The predicted octanol–water partition coefficient (Wildman–Crippen LogP) is 1.93.